The van der Waals surface area contributed by atoms with Gasteiger partial charge in [-0.1, -0.05) is 12.1 Å². The number of para-hydroxylation sites is 1. The third-order valence-corrected chi connectivity index (χ3v) is 1.31. The molecule has 0 bridgehead atoms. The van der Waals surface area contributed by atoms with E-state index in [2.05, 4.69) is 0 Å². The minimum atomic E-state index is -0.845. The fourth-order valence-electron chi connectivity index (χ4n) is 0.826. The van der Waals surface area contributed by atoms with E-state index >= 15 is 0 Å². The Morgan fingerprint density at radius 1 is 1.15 bits per heavy atom. The predicted molar refractivity (Wildman–Crippen MR) is 42.4 cm³/mol. The van der Waals surface area contributed by atoms with Gasteiger partial charge in [0.2, 0.25) is 0 Å². The zero-order chi connectivity index (χ0) is 9.84. The molecule has 2 radical (unpaired) electrons. The molecule has 6 heteroatoms. The smallest absolute Gasteiger partial charge is 0.263 e. The molecule has 6 nitrogen and oxygen atoms in total. The van der Waals surface area contributed by atoms with Gasteiger partial charge in [0.1, 0.15) is 5.56 Å². The molecule has 0 N–H and O–H groups in total. The molecule has 0 saturated heterocycles. The molecule has 1 rings (SSSR count). The van der Waals surface area contributed by atoms with Crippen LogP contribution in [-0.2, 0) is 0 Å². The average Bonchev–Trinajstić information content (AvgIpc) is 2.03. The lowest BCUT2D eigenvalue weighted by molar-refractivity contribution is -0.432. The van der Waals surface area contributed by atoms with E-state index in [4.69, 9.17) is 0 Å². The van der Waals surface area contributed by atoms with Gasteiger partial charge in [-0.05, 0) is 6.07 Å². The Hall–Kier alpha value is -1.98. The average molecular weight is 180 g/mol. The van der Waals surface area contributed by atoms with E-state index in [1.165, 1.54) is 24.3 Å². The van der Waals surface area contributed by atoms with Crippen LogP contribution in [0.5, 0.6) is 0 Å². The van der Waals surface area contributed by atoms with Crippen molar-refractivity contribution in [1.29, 1.82) is 0 Å². The van der Waals surface area contributed by atoms with Gasteiger partial charge in [-0.3, -0.25) is 20.2 Å². The first-order valence-corrected chi connectivity index (χ1v) is 3.25. The fraction of sp³-hybridized carbons (Fsp3) is 0. The summed E-state index contributed by atoms with van der Waals surface area (Å²) in [6.07, 6.45) is 0. The van der Waals surface area contributed by atoms with E-state index in [0.717, 1.165) is 0 Å². The summed E-state index contributed by atoms with van der Waals surface area (Å²) < 4.78 is 0. The summed E-state index contributed by atoms with van der Waals surface area (Å²) in [5.74, 6) is 0. The van der Waals surface area contributed by atoms with Gasteiger partial charge in [-0.15, -0.1) is 0 Å². The SMILES string of the molecule is O=[N+]([O-])[C]c1ccccc1[N+](=O)[O-]. The molecule has 13 heavy (non-hydrogen) atoms. The van der Waals surface area contributed by atoms with Crippen molar-refractivity contribution >= 4 is 5.69 Å². The van der Waals surface area contributed by atoms with E-state index in [1.54, 1.807) is 6.54 Å². The second kappa shape index (κ2) is 3.61. The van der Waals surface area contributed by atoms with Crippen molar-refractivity contribution in [3.63, 3.8) is 0 Å². The van der Waals surface area contributed by atoms with Crippen molar-refractivity contribution in [3.05, 3.63) is 56.6 Å². The van der Waals surface area contributed by atoms with Crippen molar-refractivity contribution < 1.29 is 9.85 Å². The lowest BCUT2D eigenvalue weighted by atomic mass is 10.2. The quantitative estimate of drug-likeness (QED) is 0.398. The third-order valence-electron chi connectivity index (χ3n) is 1.31. The summed E-state index contributed by atoms with van der Waals surface area (Å²) in [7, 11) is 0. The Bertz CT molecular complexity index is 350. The number of nitrogens with zero attached hydrogens (tertiary/aromatic N) is 2. The molecular formula is C7H4N2O4. The van der Waals surface area contributed by atoms with Crippen LogP contribution in [0.4, 0.5) is 5.69 Å². The summed E-state index contributed by atoms with van der Waals surface area (Å²) in [5, 5.41) is 20.4. The van der Waals surface area contributed by atoms with E-state index in [9.17, 15) is 20.2 Å². The number of rotatable bonds is 3. The van der Waals surface area contributed by atoms with Gasteiger partial charge >= 0.3 is 6.54 Å². The zero-order valence-electron chi connectivity index (χ0n) is 6.34. The van der Waals surface area contributed by atoms with E-state index in [0.29, 0.717) is 0 Å². The molecule has 0 aliphatic carbocycles. The number of hydrogen-bond donors (Lipinski definition) is 0. The molecule has 1 aromatic carbocycles. The third kappa shape index (κ3) is 2.22. The fourth-order valence-corrected chi connectivity index (χ4v) is 0.826. The Morgan fingerprint density at radius 3 is 2.31 bits per heavy atom. The number of nitro groups is 2. The summed E-state index contributed by atoms with van der Waals surface area (Å²) >= 11 is 0. The van der Waals surface area contributed by atoms with Crippen LogP contribution in [-0.4, -0.2) is 9.85 Å². The van der Waals surface area contributed by atoms with E-state index in [1.807, 2.05) is 0 Å². The summed E-state index contributed by atoms with van der Waals surface area (Å²) in [5.41, 5.74) is -0.447. The number of hydrogen-bond acceptors (Lipinski definition) is 4. The maximum Gasteiger partial charge on any atom is 0.415 e. The molecule has 0 aliphatic rings. The van der Waals surface area contributed by atoms with Crippen molar-refractivity contribution in [3.8, 4) is 0 Å². The summed E-state index contributed by atoms with van der Waals surface area (Å²) in [6, 6.07) is 5.36. The first-order chi connectivity index (χ1) is 6.11. The molecule has 0 heterocycles. The molecule has 1 aromatic rings. The summed E-state index contributed by atoms with van der Waals surface area (Å²) in [6.45, 7) is 1.74. The highest BCUT2D eigenvalue weighted by Gasteiger charge is 2.19. The van der Waals surface area contributed by atoms with Crippen LogP contribution in [0.25, 0.3) is 0 Å². The highest BCUT2D eigenvalue weighted by Crippen LogP contribution is 2.18. The maximum atomic E-state index is 10.3. The van der Waals surface area contributed by atoms with Gasteiger partial charge in [-0.2, -0.15) is 0 Å². The Labute approximate surface area is 73.1 Å². The standard InChI is InChI=1S/C7H4N2O4/c10-8(11)5-6-3-1-2-4-7(6)9(12)13/h1-4H. The lowest BCUT2D eigenvalue weighted by Gasteiger charge is -1.93. The van der Waals surface area contributed by atoms with Gasteiger partial charge in [0.15, 0.2) is 0 Å². The maximum absolute atomic E-state index is 10.3. The second-order valence-electron chi connectivity index (χ2n) is 2.14. The normalized spacial score (nSPS) is 9.54. The van der Waals surface area contributed by atoms with E-state index in [-0.39, 0.29) is 11.3 Å². The van der Waals surface area contributed by atoms with Gasteiger partial charge in [0.05, 0.1) is 4.92 Å². The molecule has 0 saturated carbocycles. The Balaban J connectivity index is 3.04. The minimum absolute atomic E-state index is 0.127. The molecule has 66 valence electrons. The van der Waals surface area contributed by atoms with Crippen LogP contribution < -0.4 is 0 Å². The molecule has 0 aromatic heterocycles. The van der Waals surface area contributed by atoms with Crippen LogP contribution >= 0.6 is 0 Å². The molecule has 0 aliphatic heterocycles. The highest BCUT2D eigenvalue weighted by molar-refractivity contribution is 5.42. The van der Waals surface area contributed by atoms with Crippen LogP contribution in [0.2, 0.25) is 0 Å². The first kappa shape index (κ1) is 9.11. The van der Waals surface area contributed by atoms with Crippen molar-refractivity contribution in [2.24, 2.45) is 0 Å². The van der Waals surface area contributed by atoms with E-state index < -0.39 is 9.85 Å². The molecule has 0 amide bonds. The largest absolute Gasteiger partial charge is 0.415 e. The van der Waals surface area contributed by atoms with Crippen LogP contribution in [0, 0.1) is 26.8 Å². The zero-order valence-corrected chi connectivity index (χ0v) is 6.34. The molecule has 0 fully saturated rings. The van der Waals surface area contributed by atoms with Gasteiger partial charge < -0.3 is 0 Å². The van der Waals surface area contributed by atoms with Crippen molar-refractivity contribution in [2.45, 2.75) is 0 Å². The van der Waals surface area contributed by atoms with Crippen LogP contribution in [0.3, 0.4) is 0 Å². The topological polar surface area (TPSA) is 86.3 Å². The Morgan fingerprint density at radius 2 is 1.77 bits per heavy atom. The van der Waals surface area contributed by atoms with Gasteiger partial charge in [0, 0.05) is 11.0 Å². The predicted octanol–water partition coefficient (Wildman–Crippen LogP) is 1.26. The highest BCUT2D eigenvalue weighted by atomic mass is 16.6. The number of nitro benzene ring substituents is 1. The monoisotopic (exact) mass is 180 g/mol. The second-order valence-corrected chi connectivity index (χ2v) is 2.14. The Kier molecular flexibility index (Phi) is 2.53. The van der Waals surface area contributed by atoms with Gasteiger partial charge in [-0.25, -0.2) is 0 Å². The van der Waals surface area contributed by atoms with Gasteiger partial charge in [0.25, 0.3) is 5.69 Å². The minimum Gasteiger partial charge on any atom is -0.263 e. The molecule has 0 spiro atoms. The molecule has 0 atom stereocenters. The van der Waals surface area contributed by atoms with Crippen LogP contribution in [0.1, 0.15) is 5.56 Å². The summed E-state index contributed by atoms with van der Waals surface area (Å²) in [4.78, 5) is 18.8. The van der Waals surface area contributed by atoms with Crippen LogP contribution in [0.15, 0.2) is 24.3 Å². The van der Waals surface area contributed by atoms with Crippen molar-refractivity contribution in [2.75, 3.05) is 0 Å². The molecule has 0 unspecified atom stereocenters. The lowest BCUT2D eigenvalue weighted by Crippen LogP contribution is -1.99. The first-order valence-electron chi connectivity index (χ1n) is 3.25. The molecular weight excluding hydrogens is 176 g/mol. The number of benzene rings is 1. The van der Waals surface area contributed by atoms with Crippen molar-refractivity contribution in [1.82, 2.24) is 0 Å².